The number of rotatable bonds is 2. The quantitative estimate of drug-likeness (QED) is 0.624. The molecule has 0 heterocycles. The number of aliphatic hydroxyl groups is 1. The van der Waals surface area contributed by atoms with Gasteiger partial charge in [0.1, 0.15) is 10.9 Å². The highest BCUT2D eigenvalue weighted by Crippen LogP contribution is 2.40. The molecule has 1 unspecified atom stereocenters. The monoisotopic (exact) mass is 326 g/mol. The van der Waals surface area contributed by atoms with Crippen LogP contribution in [0, 0.1) is 0 Å². The summed E-state index contributed by atoms with van der Waals surface area (Å²) in [7, 11) is 0. The number of hydrogen-bond acceptors (Lipinski definition) is 1. The highest BCUT2D eigenvalue weighted by Gasteiger charge is 2.39. The van der Waals surface area contributed by atoms with E-state index in [9.17, 15) is 31.4 Å². The third-order valence-corrected chi connectivity index (χ3v) is 2.72. The van der Waals surface area contributed by atoms with Crippen molar-refractivity contribution in [2.75, 3.05) is 0 Å². The molecule has 0 radical (unpaired) electrons. The molecule has 0 aliphatic heterocycles. The van der Waals surface area contributed by atoms with E-state index in [1.54, 1.807) is 0 Å². The second-order valence-electron chi connectivity index (χ2n) is 3.58. The van der Waals surface area contributed by atoms with Gasteiger partial charge in [0.05, 0.1) is 11.1 Å². The average Bonchev–Trinajstić information content (AvgIpc) is 2.24. The van der Waals surface area contributed by atoms with E-state index in [1.165, 1.54) is 0 Å². The van der Waals surface area contributed by atoms with E-state index in [0.29, 0.717) is 12.1 Å². The maximum Gasteiger partial charge on any atom is 0.416 e. The summed E-state index contributed by atoms with van der Waals surface area (Å²) >= 11 is 10.5. The molecule has 0 saturated carbocycles. The van der Waals surface area contributed by atoms with Gasteiger partial charge in [-0.2, -0.15) is 26.3 Å². The van der Waals surface area contributed by atoms with E-state index < -0.39 is 40.0 Å². The van der Waals surface area contributed by atoms with Crippen LogP contribution in [0.1, 0.15) is 22.8 Å². The van der Waals surface area contributed by atoms with Crippen LogP contribution in [0.5, 0.6) is 0 Å². The first-order valence-corrected chi connectivity index (χ1v) is 5.56. The van der Waals surface area contributed by atoms with Gasteiger partial charge in [-0.25, -0.2) is 0 Å². The van der Waals surface area contributed by atoms with Crippen LogP contribution in [0.25, 0.3) is 0 Å². The molecule has 1 aromatic rings. The van der Waals surface area contributed by atoms with Gasteiger partial charge >= 0.3 is 12.4 Å². The summed E-state index contributed by atoms with van der Waals surface area (Å²) in [6, 6.07) is 0.840. The Balaban J connectivity index is 3.42. The Morgan fingerprint density at radius 2 is 1.47 bits per heavy atom. The maximum atomic E-state index is 12.7. The molecule has 0 aliphatic carbocycles. The molecule has 1 nitrogen and oxygen atoms in total. The second kappa shape index (κ2) is 5.38. The fourth-order valence-corrected chi connectivity index (χ4v) is 1.64. The van der Waals surface area contributed by atoms with Gasteiger partial charge in [-0.1, -0.05) is 6.07 Å². The van der Waals surface area contributed by atoms with E-state index in [0.717, 1.165) is 0 Å². The Morgan fingerprint density at radius 1 is 0.947 bits per heavy atom. The topological polar surface area (TPSA) is 20.2 Å². The minimum absolute atomic E-state index is 0.0886. The number of hydrogen-bond donors (Lipinski definition) is 1. The highest BCUT2D eigenvalue weighted by molar-refractivity contribution is 6.44. The molecular formula is C10H6Cl2F6O. The summed E-state index contributed by atoms with van der Waals surface area (Å²) in [4.78, 5) is -1.60. The van der Waals surface area contributed by atoms with Crippen molar-refractivity contribution in [2.45, 2.75) is 23.3 Å². The van der Waals surface area contributed by atoms with Crippen molar-refractivity contribution in [1.29, 1.82) is 0 Å². The molecule has 0 aliphatic rings. The minimum Gasteiger partial charge on any atom is -0.386 e. The standard InChI is InChI=1S/C10H6Cl2F6O/c11-8(12)7(19)5-2-1-4(9(13,14)15)3-6(5)10(16,17)18/h1-3,7-8,19H. The highest BCUT2D eigenvalue weighted by atomic mass is 35.5. The van der Waals surface area contributed by atoms with Crippen LogP contribution < -0.4 is 0 Å². The van der Waals surface area contributed by atoms with Crippen LogP contribution in [-0.2, 0) is 12.4 Å². The molecule has 1 aromatic carbocycles. The molecular weight excluding hydrogens is 321 g/mol. The lowest BCUT2D eigenvalue weighted by Gasteiger charge is -2.19. The van der Waals surface area contributed by atoms with Crippen LogP contribution in [0.15, 0.2) is 18.2 Å². The molecule has 0 fully saturated rings. The summed E-state index contributed by atoms with van der Waals surface area (Å²) in [5, 5.41) is 9.39. The number of alkyl halides is 8. The number of aliphatic hydroxyl groups excluding tert-OH is 1. The van der Waals surface area contributed by atoms with Crippen molar-refractivity contribution in [1.82, 2.24) is 0 Å². The second-order valence-corrected chi connectivity index (χ2v) is 4.74. The van der Waals surface area contributed by atoms with Gasteiger partial charge in [0.2, 0.25) is 0 Å². The van der Waals surface area contributed by atoms with E-state index >= 15 is 0 Å². The number of benzene rings is 1. The third-order valence-electron chi connectivity index (χ3n) is 2.24. The Bertz CT molecular complexity index is 454. The van der Waals surface area contributed by atoms with Gasteiger partial charge in [-0.05, 0) is 17.7 Å². The smallest absolute Gasteiger partial charge is 0.386 e. The fourth-order valence-electron chi connectivity index (χ4n) is 1.37. The predicted molar refractivity (Wildman–Crippen MR) is 56.9 cm³/mol. The summed E-state index contributed by atoms with van der Waals surface area (Å²) in [6.07, 6.45) is -11.9. The molecule has 0 spiro atoms. The maximum absolute atomic E-state index is 12.7. The Kier molecular flexibility index (Phi) is 4.64. The van der Waals surface area contributed by atoms with Crippen molar-refractivity contribution >= 4 is 23.2 Å². The molecule has 0 bridgehead atoms. The molecule has 0 saturated heterocycles. The van der Waals surface area contributed by atoms with Crippen molar-refractivity contribution < 1.29 is 31.4 Å². The normalized spacial score (nSPS) is 14.8. The molecule has 1 N–H and O–H groups in total. The predicted octanol–water partition coefficient (Wildman–Crippen LogP) is 4.56. The van der Waals surface area contributed by atoms with Crippen LogP contribution in [0.2, 0.25) is 0 Å². The molecule has 9 heteroatoms. The molecule has 19 heavy (non-hydrogen) atoms. The van der Waals surface area contributed by atoms with E-state index in [1.807, 2.05) is 0 Å². The Labute approximate surface area is 113 Å². The summed E-state index contributed by atoms with van der Waals surface area (Å²) < 4.78 is 75.1. The van der Waals surface area contributed by atoms with Crippen LogP contribution >= 0.6 is 23.2 Å². The molecule has 0 amide bonds. The van der Waals surface area contributed by atoms with E-state index in [4.69, 9.17) is 23.2 Å². The summed E-state index contributed by atoms with van der Waals surface area (Å²) in [5.41, 5.74) is -3.91. The molecule has 1 rings (SSSR count). The van der Waals surface area contributed by atoms with Gasteiger partial charge in [0, 0.05) is 0 Å². The first-order chi connectivity index (χ1) is 8.44. The Morgan fingerprint density at radius 3 is 1.84 bits per heavy atom. The summed E-state index contributed by atoms with van der Waals surface area (Å²) in [5.74, 6) is 0. The zero-order valence-corrected chi connectivity index (χ0v) is 10.4. The lowest BCUT2D eigenvalue weighted by molar-refractivity contribution is -0.144. The van der Waals surface area contributed by atoms with Gasteiger partial charge in [0.25, 0.3) is 0 Å². The van der Waals surface area contributed by atoms with Crippen molar-refractivity contribution in [3.8, 4) is 0 Å². The van der Waals surface area contributed by atoms with Crippen molar-refractivity contribution in [3.63, 3.8) is 0 Å². The van der Waals surface area contributed by atoms with Crippen molar-refractivity contribution in [3.05, 3.63) is 34.9 Å². The molecule has 108 valence electrons. The molecule has 1 atom stereocenters. The largest absolute Gasteiger partial charge is 0.416 e. The minimum atomic E-state index is -5.07. The lowest BCUT2D eigenvalue weighted by Crippen LogP contribution is -2.17. The van der Waals surface area contributed by atoms with Gasteiger partial charge < -0.3 is 5.11 Å². The van der Waals surface area contributed by atoms with Crippen LogP contribution in [0.4, 0.5) is 26.3 Å². The number of halogens is 8. The van der Waals surface area contributed by atoms with E-state index in [-0.39, 0.29) is 6.07 Å². The van der Waals surface area contributed by atoms with Crippen molar-refractivity contribution in [2.24, 2.45) is 0 Å². The zero-order chi connectivity index (χ0) is 15.0. The van der Waals surface area contributed by atoms with Crippen LogP contribution in [0.3, 0.4) is 0 Å². The first kappa shape index (κ1) is 16.4. The van der Waals surface area contributed by atoms with Gasteiger partial charge in [0.15, 0.2) is 0 Å². The summed E-state index contributed by atoms with van der Waals surface area (Å²) in [6.45, 7) is 0. The fraction of sp³-hybridized carbons (Fsp3) is 0.400. The SMILES string of the molecule is OC(c1ccc(C(F)(F)F)cc1C(F)(F)F)C(Cl)Cl. The molecule has 0 aromatic heterocycles. The van der Waals surface area contributed by atoms with E-state index in [2.05, 4.69) is 0 Å². The average molecular weight is 327 g/mol. The zero-order valence-electron chi connectivity index (χ0n) is 8.86. The Hall–Kier alpha value is -0.660. The van der Waals surface area contributed by atoms with Gasteiger partial charge in [-0.15, -0.1) is 23.2 Å². The first-order valence-electron chi connectivity index (χ1n) is 4.69. The third kappa shape index (κ3) is 3.90. The van der Waals surface area contributed by atoms with Gasteiger partial charge in [-0.3, -0.25) is 0 Å². The lowest BCUT2D eigenvalue weighted by atomic mass is 9.99. The van der Waals surface area contributed by atoms with Crippen LogP contribution in [-0.4, -0.2) is 9.94 Å².